The van der Waals surface area contributed by atoms with Crippen LogP contribution in [0.15, 0.2) is 18.2 Å². The molecule has 1 saturated carbocycles. The Morgan fingerprint density at radius 3 is 2.44 bits per heavy atom. The first-order valence-corrected chi connectivity index (χ1v) is 6.05. The van der Waals surface area contributed by atoms with E-state index in [9.17, 15) is 8.78 Å². The van der Waals surface area contributed by atoms with Crippen molar-refractivity contribution in [1.82, 2.24) is 0 Å². The van der Waals surface area contributed by atoms with Gasteiger partial charge >= 0.3 is 0 Å². The second kappa shape index (κ2) is 4.94. The van der Waals surface area contributed by atoms with E-state index in [2.05, 4.69) is 6.92 Å². The Labute approximate surface area is 95.7 Å². The highest BCUT2D eigenvalue weighted by molar-refractivity contribution is 5.27. The predicted molar refractivity (Wildman–Crippen MR) is 61.6 cm³/mol. The summed E-state index contributed by atoms with van der Waals surface area (Å²) in [4.78, 5) is 0. The largest absolute Gasteiger partial charge is 0.246 e. The third kappa shape index (κ3) is 2.42. The molecule has 0 spiro atoms. The van der Waals surface area contributed by atoms with Crippen LogP contribution in [0.3, 0.4) is 0 Å². The van der Waals surface area contributed by atoms with Gasteiger partial charge in [0, 0.05) is 5.56 Å². The zero-order chi connectivity index (χ0) is 11.5. The molecule has 0 bridgehead atoms. The molecule has 16 heavy (non-hydrogen) atoms. The summed E-state index contributed by atoms with van der Waals surface area (Å²) in [5, 5.41) is 0. The Balaban J connectivity index is 2.12. The molecular formula is C14H18F2. The van der Waals surface area contributed by atoms with Crippen LogP contribution >= 0.6 is 0 Å². The van der Waals surface area contributed by atoms with Crippen molar-refractivity contribution in [3.63, 3.8) is 0 Å². The molecule has 0 aromatic heterocycles. The molecule has 2 heteroatoms. The van der Waals surface area contributed by atoms with Crippen molar-refractivity contribution in [2.45, 2.75) is 45.2 Å². The van der Waals surface area contributed by atoms with Crippen LogP contribution in [0.1, 0.15) is 49.7 Å². The third-order valence-electron chi connectivity index (χ3n) is 3.71. The number of rotatable bonds is 2. The van der Waals surface area contributed by atoms with E-state index in [-0.39, 0.29) is 5.56 Å². The van der Waals surface area contributed by atoms with Crippen LogP contribution in [0.5, 0.6) is 0 Å². The van der Waals surface area contributed by atoms with Crippen molar-refractivity contribution in [1.29, 1.82) is 0 Å². The number of hydrogen-bond donors (Lipinski definition) is 0. The normalized spacial score (nSPS) is 25.7. The minimum atomic E-state index is -0.714. The maximum Gasteiger partial charge on any atom is 0.129 e. The highest BCUT2D eigenvalue weighted by atomic mass is 19.1. The van der Waals surface area contributed by atoms with Gasteiger partial charge in [-0.05, 0) is 36.3 Å². The zero-order valence-corrected chi connectivity index (χ0v) is 9.68. The molecule has 1 aromatic carbocycles. The van der Waals surface area contributed by atoms with E-state index < -0.39 is 12.5 Å². The van der Waals surface area contributed by atoms with E-state index >= 15 is 0 Å². The average molecular weight is 224 g/mol. The summed E-state index contributed by atoms with van der Waals surface area (Å²) < 4.78 is 25.8. The van der Waals surface area contributed by atoms with Crippen molar-refractivity contribution < 1.29 is 8.78 Å². The lowest BCUT2D eigenvalue weighted by Gasteiger charge is -2.26. The van der Waals surface area contributed by atoms with Gasteiger partial charge in [0.1, 0.15) is 12.5 Å². The second-order valence-electron chi connectivity index (χ2n) is 4.94. The Hall–Kier alpha value is -0.920. The molecule has 0 aliphatic heterocycles. The van der Waals surface area contributed by atoms with Crippen molar-refractivity contribution in [3.8, 4) is 0 Å². The number of hydrogen-bond acceptors (Lipinski definition) is 0. The Kier molecular flexibility index (Phi) is 3.57. The highest BCUT2D eigenvalue weighted by Crippen LogP contribution is 2.35. The van der Waals surface area contributed by atoms with Crippen LogP contribution in [-0.2, 0) is 6.67 Å². The molecule has 0 radical (unpaired) electrons. The molecule has 0 saturated heterocycles. The number of alkyl halides is 1. The van der Waals surface area contributed by atoms with Crippen LogP contribution in [-0.4, -0.2) is 0 Å². The number of benzene rings is 1. The van der Waals surface area contributed by atoms with Gasteiger partial charge in [-0.15, -0.1) is 0 Å². The minimum Gasteiger partial charge on any atom is -0.246 e. The minimum absolute atomic E-state index is 0.174. The number of halogens is 2. The fraction of sp³-hybridized carbons (Fsp3) is 0.571. The molecule has 1 fully saturated rings. The lowest BCUT2D eigenvalue weighted by atomic mass is 9.79. The zero-order valence-electron chi connectivity index (χ0n) is 9.68. The van der Waals surface area contributed by atoms with Gasteiger partial charge in [-0.2, -0.15) is 0 Å². The summed E-state index contributed by atoms with van der Waals surface area (Å²) in [6.07, 6.45) is 4.71. The van der Waals surface area contributed by atoms with E-state index in [4.69, 9.17) is 0 Å². The molecule has 0 amide bonds. The molecule has 0 N–H and O–H groups in total. The van der Waals surface area contributed by atoms with E-state index in [1.165, 1.54) is 18.9 Å². The first kappa shape index (κ1) is 11.6. The van der Waals surface area contributed by atoms with E-state index in [0.29, 0.717) is 5.92 Å². The fourth-order valence-corrected chi connectivity index (χ4v) is 2.52. The summed E-state index contributed by atoms with van der Waals surface area (Å²) >= 11 is 0. The summed E-state index contributed by atoms with van der Waals surface area (Å²) in [7, 11) is 0. The second-order valence-corrected chi connectivity index (χ2v) is 4.94. The molecular weight excluding hydrogens is 206 g/mol. The summed E-state index contributed by atoms with van der Waals surface area (Å²) in [5.41, 5.74) is 1.22. The standard InChI is InChI=1S/C14H18F2/c1-10-2-4-11(5-3-10)12-6-7-13(9-15)14(16)8-12/h6-8,10-11H,2-5,9H2,1H3. The molecule has 0 unspecified atom stereocenters. The van der Waals surface area contributed by atoms with E-state index in [1.807, 2.05) is 6.07 Å². The first-order chi connectivity index (χ1) is 7.70. The molecule has 2 rings (SSSR count). The van der Waals surface area contributed by atoms with Crippen LogP contribution < -0.4 is 0 Å². The molecule has 88 valence electrons. The molecule has 0 heterocycles. The van der Waals surface area contributed by atoms with Gasteiger partial charge in [0.05, 0.1) is 0 Å². The average Bonchev–Trinajstić information content (AvgIpc) is 2.30. The predicted octanol–water partition coefficient (Wildman–Crippen LogP) is 4.59. The quantitative estimate of drug-likeness (QED) is 0.689. The van der Waals surface area contributed by atoms with Crippen LogP contribution in [0.25, 0.3) is 0 Å². The topological polar surface area (TPSA) is 0 Å². The van der Waals surface area contributed by atoms with Gasteiger partial charge in [0.15, 0.2) is 0 Å². The lowest BCUT2D eigenvalue weighted by molar-refractivity contribution is 0.347. The van der Waals surface area contributed by atoms with Gasteiger partial charge < -0.3 is 0 Å². The van der Waals surface area contributed by atoms with E-state index in [0.717, 1.165) is 24.3 Å². The van der Waals surface area contributed by atoms with Crippen LogP contribution in [0.4, 0.5) is 8.78 Å². The maximum absolute atomic E-state index is 13.4. The summed E-state index contributed by atoms with van der Waals surface area (Å²) in [6, 6.07) is 5.00. The fourth-order valence-electron chi connectivity index (χ4n) is 2.52. The Bertz CT molecular complexity index is 352. The molecule has 1 aliphatic rings. The van der Waals surface area contributed by atoms with Gasteiger partial charge in [0.25, 0.3) is 0 Å². The van der Waals surface area contributed by atoms with Gasteiger partial charge in [-0.25, -0.2) is 8.78 Å². The SMILES string of the molecule is CC1CCC(c2ccc(CF)c(F)c2)CC1. The summed E-state index contributed by atoms with van der Waals surface area (Å²) in [5.74, 6) is 0.879. The molecule has 0 atom stereocenters. The van der Waals surface area contributed by atoms with Gasteiger partial charge in [-0.1, -0.05) is 31.9 Å². The van der Waals surface area contributed by atoms with Gasteiger partial charge in [0.2, 0.25) is 0 Å². The third-order valence-corrected chi connectivity index (χ3v) is 3.71. The highest BCUT2D eigenvalue weighted by Gasteiger charge is 2.20. The summed E-state index contributed by atoms with van der Waals surface area (Å²) in [6.45, 7) is 1.55. The van der Waals surface area contributed by atoms with Gasteiger partial charge in [-0.3, -0.25) is 0 Å². The van der Waals surface area contributed by atoms with Crippen LogP contribution in [0.2, 0.25) is 0 Å². The molecule has 1 aliphatic carbocycles. The van der Waals surface area contributed by atoms with E-state index in [1.54, 1.807) is 6.07 Å². The Morgan fingerprint density at radius 2 is 1.88 bits per heavy atom. The first-order valence-electron chi connectivity index (χ1n) is 6.05. The molecule has 0 nitrogen and oxygen atoms in total. The van der Waals surface area contributed by atoms with Crippen LogP contribution in [0, 0.1) is 11.7 Å². The molecule has 1 aromatic rings. The maximum atomic E-state index is 13.4. The Morgan fingerprint density at radius 1 is 1.19 bits per heavy atom. The van der Waals surface area contributed by atoms with Crippen molar-refractivity contribution in [2.75, 3.05) is 0 Å². The lowest BCUT2D eigenvalue weighted by Crippen LogP contribution is -2.11. The van der Waals surface area contributed by atoms with Crippen molar-refractivity contribution in [3.05, 3.63) is 35.1 Å². The van der Waals surface area contributed by atoms with Crippen molar-refractivity contribution >= 4 is 0 Å². The van der Waals surface area contributed by atoms with Crippen molar-refractivity contribution in [2.24, 2.45) is 5.92 Å². The smallest absolute Gasteiger partial charge is 0.129 e. The monoisotopic (exact) mass is 224 g/mol.